The average molecular weight is 426 g/mol. The highest BCUT2D eigenvalue weighted by Gasteiger charge is 2.62. The first-order chi connectivity index (χ1) is 13.5. The molecule has 0 radical (unpaired) electrons. The lowest BCUT2D eigenvalue weighted by atomic mass is 9.46. The summed E-state index contributed by atoms with van der Waals surface area (Å²) in [5.74, 6) is 1.33. The van der Waals surface area contributed by atoms with Crippen LogP contribution in [0.2, 0.25) is 0 Å². The average Bonchev–Trinajstić information content (AvgIpc) is 2.92. The predicted octanol–water partition coefficient (Wildman–Crippen LogP) is 3.88. The van der Waals surface area contributed by atoms with E-state index in [9.17, 15) is 13.6 Å². The minimum Gasteiger partial charge on any atom is -0.411 e. The summed E-state index contributed by atoms with van der Waals surface area (Å²) in [6.07, 6.45) is 7.08. The van der Waals surface area contributed by atoms with E-state index in [1.165, 1.54) is 12.8 Å². The summed E-state index contributed by atoms with van der Waals surface area (Å²) in [5.41, 5.74) is 1.37. The second kappa shape index (κ2) is 6.79. The molecule has 0 aromatic carbocycles. The maximum atomic E-state index is 15.8. The van der Waals surface area contributed by atoms with E-state index in [1.807, 2.05) is 6.08 Å². The molecule has 0 aromatic heterocycles. The number of oxime groups is 1. The maximum Gasteiger partial charge on any atom is 0.244 e. The normalized spacial score (nSPS) is 47.3. The van der Waals surface area contributed by atoms with Crippen molar-refractivity contribution in [3.63, 3.8) is 0 Å². The molecule has 0 heterocycles. The van der Waals surface area contributed by atoms with Crippen LogP contribution in [0.25, 0.3) is 0 Å². The number of hydrogen-bond donors (Lipinski definition) is 2. The monoisotopic (exact) mass is 425 g/mol. The number of alkyl halides is 1. The van der Waals surface area contributed by atoms with E-state index < -0.39 is 21.6 Å². The summed E-state index contributed by atoms with van der Waals surface area (Å²) in [7, 11) is -3.51. The molecule has 4 rings (SSSR count). The molecule has 4 aliphatic carbocycles. The van der Waals surface area contributed by atoms with Gasteiger partial charge in [-0.15, -0.1) is 0 Å². The van der Waals surface area contributed by atoms with Crippen molar-refractivity contribution in [2.24, 2.45) is 44.8 Å². The van der Waals surface area contributed by atoms with Gasteiger partial charge < -0.3 is 5.21 Å². The van der Waals surface area contributed by atoms with Crippen LogP contribution in [0.5, 0.6) is 0 Å². The lowest BCUT2D eigenvalue weighted by Gasteiger charge is -2.59. The topological polar surface area (TPSA) is 91.1 Å². The fourth-order valence-corrected chi connectivity index (χ4v) is 7.38. The summed E-state index contributed by atoms with van der Waals surface area (Å²) in [4.78, 5) is 2.12. The van der Waals surface area contributed by atoms with Crippen LogP contribution in [0.1, 0.15) is 59.3 Å². The number of sulfonamides is 1. The van der Waals surface area contributed by atoms with Gasteiger partial charge in [-0.25, -0.2) is 17.6 Å². The third-order valence-electron chi connectivity index (χ3n) is 8.70. The van der Waals surface area contributed by atoms with Crippen molar-refractivity contribution < 1.29 is 18.0 Å². The standard InChI is InChI=1S/C21H32FN3O3S/c1-12-5-8-15-14-7-6-13-9-17(23-25-29(4,27)28)18(24-26)11-21(13,3)19(14)16(22)10-20(12,15)2/h9,12,14-16,19,25-26H,5-8,10-11H2,1-4H3/b23-17+,24-18-/t12-,14+,15+,16+,19-,20-,21+/m1/s1. The molecule has 3 fully saturated rings. The van der Waals surface area contributed by atoms with Gasteiger partial charge >= 0.3 is 0 Å². The van der Waals surface area contributed by atoms with E-state index in [2.05, 4.69) is 35.9 Å². The van der Waals surface area contributed by atoms with Crippen molar-refractivity contribution >= 4 is 21.4 Å². The van der Waals surface area contributed by atoms with E-state index >= 15 is 4.39 Å². The molecule has 0 unspecified atom stereocenters. The Morgan fingerprint density at radius 1 is 1.28 bits per heavy atom. The van der Waals surface area contributed by atoms with Crippen LogP contribution >= 0.6 is 0 Å². The molecule has 0 spiro atoms. The fraction of sp³-hybridized carbons (Fsp3) is 0.810. The minimum absolute atomic E-state index is 0.0761. The summed E-state index contributed by atoms with van der Waals surface area (Å²) in [6, 6.07) is 0. The number of rotatable bonds is 2. The van der Waals surface area contributed by atoms with Gasteiger partial charge in [0, 0.05) is 17.8 Å². The minimum atomic E-state index is -3.51. The SMILES string of the molecule is C[C@@H]1CC[C@H]2[C@@H]3CCC4=CC(=N\NS(C)(=O)=O)/C(=N\O)C[C@]4(C)[C@H]3[C@@H](F)C[C@]12C. The van der Waals surface area contributed by atoms with Crippen LogP contribution < -0.4 is 4.83 Å². The number of nitrogens with one attached hydrogen (secondary N) is 1. The van der Waals surface area contributed by atoms with E-state index in [0.717, 1.165) is 24.7 Å². The Kier molecular flexibility index (Phi) is 4.87. The number of nitrogens with zero attached hydrogens (tertiary/aromatic N) is 2. The van der Waals surface area contributed by atoms with Crippen molar-refractivity contribution in [3.8, 4) is 0 Å². The van der Waals surface area contributed by atoms with Gasteiger partial charge in [0.2, 0.25) is 10.0 Å². The Labute approximate surface area is 172 Å². The van der Waals surface area contributed by atoms with Crippen LogP contribution in [-0.2, 0) is 10.0 Å². The number of hydrogen-bond acceptors (Lipinski definition) is 5. The van der Waals surface area contributed by atoms with Gasteiger partial charge in [0.15, 0.2) is 0 Å². The second-order valence-electron chi connectivity index (χ2n) is 10.2. The van der Waals surface area contributed by atoms with Crippen LogP contribution in [0, 0.1) is 34.5 Å². The fourth-order valence-electron chi connectivity index (χ4n) is 7.12. The van der Waals surface area contributed by atoms with Crippen molar-refractivity contribution in [3.05, 3.63) is 11.6 Å². The van der Waals surface area contributed by atoms with E-state index in [4.69, 9.17) is 0 Å². The van der Waals surface area contributed by atoms with Gasteiger partial charge in [-0.3, -0.25) is 0 Å². The first-order valence-electron chi connectivity index (χ1n) is 10.6. The van der Waals surface area contributed by atoms with Gasteiger partial charge in [-0.05, 0) is 61.3 Å². The van der Waals surface area contributed by atoms with Crippen molar-refractivity contribution in [2.75, 3.05) is 6.26 Å². The summed E-state index contributed by atoms with van der Waals surface area (Å²) < 4.78 is 38.6. The lowest BCUT2D eigenvalue weighted by Crippen LogP contribution is -2.56. The first-order valence-corrected chi connectivity index (χ1v) is 12.5. The first kappa shape index (κ1) is 20.8. The predicted molar refractivity (Wildman–Crippen MR) is 111 cm³/mol. The molecule has 162 valence electrons. The molecule has 0 aliphatic heterocycles. The molecule has 2 N–H and O–H groups in total. The van der Waals surface area contributed by atoms with E-state index in [0.29, 0.717) is 42.0 Å². The zero-order valence-corrected chi connectivity index (χ0v) is 18.5. The molecule has 0 bridgehead atoms. The zero-order chi connectivity index (χ0) is 21.2. The Hall–Kier alpha value is -1.44. The molecular weight excluding hydrogens is 393 g/mol. The molecular formula is C21H32FN3O3S. The Bertz CT molecular complexity index is 899. The number of fused-ring (bicyclic) bond motifs is 5. The quantitative estimate of drug-likeness (QED) is 0.520. The van der Waals surface area contributed by atoms with Gasteiger partial charge in [0.25, 0.3) is 0 Å². The molecule has 0 amide bonds. The maximum absolute atomic E-state index is 15.8. The molecule has 29 heavy (non-hydrogen) atoms. The zero-order valence-electron chi connectivity index (χ0n) is 17.7. The van der Waals surface area contributed by atoms with Crippen molar-refractivity contribution in [1.29, 1.82) is 0 Å². The van der Waals surface area contributed by atoms with Crippen LogP contribution in [-0.4, -0.2) is 37.5 Å². The summed E-state index contributed by atoms with van der Waals surface area (Å²) in [5, 5.41) is 16.9. The van der Waals surface area contributed by atoms with Crippen LogP contribution in [0.4, 0.5) is 4.39 Å². The Balaban J connectivity index is 1.72. The smallest absolute Gasteiger partial charge is 0.244 e. The molecule has 6 nitrogen and oxygen atoms in total. The number of halogens is 1. The summed E-state index contributed by atoms with van der Waals surface area (Å²) >= 11 is 0. The molecule has 0 saturated heterocycles. The Morgan fingerprint density at radius 2 is 2.00 bits per heavy atom. The third-order valence-corrected chi connectivity index (χ3v) is 9.12. The van der Waals surface area contributed by atoms with Gasteiger partial charge in [-0.2, -0.15) is 5.10 Å². The van der Waals surface area contributed by atoms with Gasteiger partial charge in [-0.1, -0.05) is 31.5 Å². The number of hydrazone groups is 1. The Morgan fingerprint density at radius 3 is 2.66 bits per heavy atom. The van der Waals surface area contributed by atoms with Crippen molar-refractivity contribution in [2.45, 2.75) is 65.5 Å². The molecule has 4 aliphatic rings. The molecule has 7 atom stereocenters. The van der Waals surface area contributed by atoms with Crippen molar-refractivity contribution in [1.82, 2.24) is 4.83 Å². The second-order valence-corrected chi connectivity index (χ2v) is 11.9. The van der Waals surface area contributed by atoms with E-state index in [1.54, 1.807) is 0 Å². The van der Waals surface area contributed by atoms with E-state index in [-0.39, 0.29) is 11.3 Å². The molecule has 3 saturated carbocycles. The molecule has 8 heteroatoms. The highest BCUT2D eigenvalue weighted by Crippen LogP contribution is 2.66. The number of allylic oxidation sites excluding steroid dienone is 2. The summed E-state index contributed by atoms with van der Waals surface area (Å²) in [6.45, 7) is 6.65. The largest absolute Gasteiger partial charge is 0.411 e. The van der Waals surface area contributed by atoms with Gasteiger partial charge in [0.05, 0.1) is 6.26 Å². The van der Waals surface area contributed by atoms with Crippen LogP contribution in [0.3, 0.4) is 0 Å². The highest BCUT2D eigenvalue weighted by atomic mass is 32.2. The third kappa shape index (κ3) is 3.22. The lowest BCUT2D eigenvalue weighted by molar-refractivity contribution is -0.0926. The molecule has 0 aromatic rings. The highest BCUT2D eigenvalue weighted by molar-refractivity contribution is 7.88. The van der Waals surface area contributed by atoms with Gasteiger partial charge in [0.1, 0.15) is 17.6 Å². The van der Waals surface area contributed by atoms with Crippen LogP contribution in [0.15, 0.2) is 21.9 Å².